The number of nitrogens with zero attached hydrogens (tertiary/aromatic N) is 1. The van der Waals surface area contributed by atoms with E-state index in [1.165, 1.54) is 11.0 Å². The molecule has 1 amide bonds. The lowest BCUT2D eigenvalue weighted by Gasteiger charge is -2.52. The van der Waals surface area contributed by atoms with E-state index in [-0.39, 0.29) is 29.7 Å². The molecule has 5 N–H and O–H groups in total. The summed E-state index contributed by atoms with van der Waals surface area (Å²) in [7, 11) is 3.09. The molecule has 1 aromatic carbocycles. The van der Waals surface area contributed by atoms with E-state index in [1.54, 1.807) is 14.1 Å². The van der Waals surface area contributed by atoms with E-state index in [0.717, 1.165) is 19.3 Å². The first-order valence-corrected chi connectivity index (χ1v) is 13.2. The molecular weight excluding hydrogens is 514 g/mol. The fraction of sp³-hybridized carbons (Fsp3) is 0.593. The highest BCUT2D eigenvalue weighted by atomic mass is 35.5. The summed E-state index contributed by atoms with van der Waals surface area (Å²) in [6, 6.07) is 0.272. The van der Waals surface area contributed by atoms with Gasteiger partial charge < -0.3 is 21.3 Å². The van der Waals surface area contributed by atoms with Gasteiger partial charge in [-0.15, -0.1) is 0 Å². The lowest BCUT2D eigenvalue weighted by Crippen LogP contribution is -2.74. The van der Waals surface area contributed by atoms with Gasteiger partial charge in [0.2, 0.25) is 5.91 Å². The topological polar surface area (TPSA) is 167 Å². The number of hydrogen-bond acceptors (Lipinski definition) is 9. The fourth-order valence-corrected chi connectivity index (χ4v) is 7.32. The lowest BCUT2D eigenvalue weighted by molar-refractivity contribution is -0.181. The van der Waals surface area contributed by atoms with Crippen molar-refractivity contribution in [3.05, 3.63) is 27.8 Å². The monoisotopic (exact) mass is 545 g/mol. The molecule has 3 saturated carbocycles. The van der Waals surface area contributed by atoms with Crippen LogP contribution in [0, 0.1) is 23.7 Å². The maximum Gasteiger partial charge on any atom is 0.235 e. The van der Waals surface area contributed by atoms with Gasteiger partial charge >= 0.3 is 0 Å². The Kier molecular flexibility index (Phi) is 6.34. The van der Waals surface area contributed by atoms with E-state index in [4.69, 9.17) is 17.3 Å². The van der Waals surface area contributed by atoms with Gasteiger partial charge in [0.15, 0.2) is 34.7 Å². The van der Waals surface area contributed by atoms with Gasteiger partial charge in [-0.05, 0) is 76.2 Å². The summed E-state index contributed by atoms with van der Waals surface area (Å²) >= 11 is 6.76. The van der Waals surface area contributed by atoms with Crippen molar-refractivity contribution in [1.82, 2.24) is 10.2 Å². The van der Waals surface area contributed by atoms with Crippen LogP contribution in [-0.4, -0.2) is 75.4 Å². The zero-order valence-electron chi connectivity index (χ0n) is 21.5. The summed E-state index contributed by atoms with van der Waals surface area (Å²) in [5, 5.41) is 26.2. The third-order valence-corrected chi connectivity index (χ3v) is 9.70. The third-order valence-electron chi connectivity index (χ3n) is 9.23. The normalized spacial score (nSPS) is 33.9. The molecule has 2 unspecified atom stereocenters. The zero-order chi connectivity index (χ0) is 27.9. The minimum atomic E-state index is -2.74. The molecule has 11 heteroatoms. The van der Waals surface area contributed by atoms with Crippen molar-refractivity contribution < 1.29 is 34.2 Å². The standard InChI is InChI=1S/C27H32ClN3O7/c1-26(5-4-6-26)30-10-12-9-15(32)17-13(19(12)28)7-11-8-14-20(31(2)3)22(34)18(25(29)37)24(36)27(14,38)23(35)16(11)21(17)33/h9,11,14,16,18,20,30,32,38H,4-8,10H2,1-3H3,(H2,29,37)/t11-,14-,16?,18?,20-,27-/m0/s1. The van der Waals surface area contributed by atoms with Crippen molar-refractivity contribution in [2.24, 2.45) is 29.4 Å². The molecule has 204 valence electrons. The summed E-state index contributed by atoms with van der Waals surface area (Å²) in [6.07, 6.45) is 3.31. The van der Waals surface area contributed by atoms with Gasteiger partial charge in [-0.25, -0.2) is 0 Å². The largest absolute Gasteiger partial charge is 0.507 e. The highest BCUT2D eigenvalue weighted by Gasteiger charge is 2.69. The van der Waals surface area contributed by atoms with E-state index < -0.39 is 64.4 Å². The maximum atomic E-state index is 13.8. The second kappa shape index (κ2) is 8.94. The molecular formula is C27H32ClN3O7. The summed E-state index contributed by atoms with van der Waals surface area (Å²) < 4.78 is 0. The summed E-state index contributed by atoms with van der Waals surface area (Å²) in [5.41, 5.74) is 3.52. The van der Waals surface area contributed by atoms with Crippen LogP contribution >= 0.6 is 11.6 Å². The van der Waals surface area contributed by atoms with Crippen LogP contribution in [0.5, 0.6) is 5.75 Å². The molecule has 0 radical (unpaired) electrons. The first-order chi connectivity index (χ1) is 17.7. The van der Waals surface area contributed by atoms with Crippen LogP contribution in [0.4, 0.5) is 0 Å². The quantitative estimate of drug-likeness (QED) is 0.386. The highest BCUT2D eigenvalue weighted by molar-refractivity contribution is 6.34. The van der Waals surface area contributed by atoms with Crippen LogP contribution in [-0.2, 0) is 32.1 Å². The number of carbonyl (C=O) groups excluding carboxylic acids is 5. The molecule has 4 aliphatic rings. The molecule has 1 aromatic rings. The van der Waals surface area contributed by atoms with Gasteiger partial charge in [0.05, 0.1) is 17.5 Å². The lowest BCUT2D eigenvalue weighted by atomic mass is 9.52. The Morgan fingerprint density at radius 2 is 1.87 bits per heavy atom. The van der Waals surface area contributed by atoms with E-state index in [9.17, 15) is 34.2 Å². The number of amides is 1. The van der Waals surface area contributed by atoms with E-state index in [1.807, 2.05) is 0 Å². The Balaban J connectivity index is 1.56. The number of aliphatic hydroxyl groups is 1. The van der Waals surface area contributed by atoms with Crippen molar-refractivity contribution in [2.45, 2.75) is 62.8 Å². The molecule has 0 heterocycles. The molecule has 4 aliphatic carbocycles. The minimum absolute atomic E-state index is 0.0124. The number of benzene rings is 1. The van der Waals surface area contributed by atoms with Crippen molar-refractivity contribution >= 4 is 40.6 Å². The number of primary amides is 1. The molecule has 6 atom stereocenters. The molecule has 5 rings (SSSR count). The Morgan fingerprint density at radius 1 is 1.21 bits per heavy atom. The maximum absolute atomic E-state index is 13.8. The summed E-state index contributed by atoms with van der Waals surface area (Å²) in [4.78, 5) is 67.4. The Labute approximate surface area is 224 Å². The predicted octanol–water partition coefficient (Wildman–Crippen LogP) is 0.553. The third kappa shape index (κ3) is 3.68. The smallest absolute Gasteiger partial charge is 0.235 e. The highest BCUT2D eigenvalue weighted by Crippen LogP contribution is 2.51. The molecule has 38 heavy (non-hydrogen) atoms. The molecule has 10 nitrogen and oxygen atoms in total. The molecule has 0 aromatic heterocycles. The second-order valence-corrected chi connectivity index (χ2v) is 12.2. The minimum Gasteiger partial charge on any atom is -0.507 e. The number of hydrogen-bond donors (Lipinski definition) is 4. The van der Waals surface area contributed by atoms with Crippen molar-refractivity contribution in [1.29, 1.82) is 0 Å². The number of carbonyl (C=O) groups is 5. The number of phenols is 1. The molecule has 0 bridgehead atoms. The van der Waals surface area contributed by atoms with E-state index in [0.29, 0.717) is 22.7 Å². The first kappa shape index (κ1) is 26.9. The average molecular weight is 546 g/mol. The fourth-order valence-electron chi connectivity index (χ4n) is 7.03. The number of aromatic hydroxyl groups is 1. The van der Waals surface area contributed by atoms with Gasteiger partial charge in [-0.3, -0.25) is 28.9 Å². The van der Waals surface area contributed by atoms with Gasteiger partial charge in [-0.1, -0.05) is 11.6 Å². The van der Waals surface area contributed by atoms with Gasteiger partial charge in [0.1, 0.15) is 5.75 Å². The Bertz CT molecular complexity index is 1290. The Hall–Kier alpha value is -2.66. The number of phenolic OH excluding ortho intramolecular Hbond substituents is 1. The van der Waals surface area contributed by atoms with Crippen LogP contribution in [0.25, 0.3) is 0 Å². The molecule has 0 aliphatic heterocycles. The van der Waals surface area contributed by atoms with Gasteiger partial charge in [-0.2, -0.15) is 0 Å². The Morgan fingerprint density at radius 3 is 2.42 bits per heavy atom. The number of likely N-dealkylation sites (N-methyl/N-ethyl adjacent to an activating group) is 1. The van der Waals surface area contributed by atoms with Crippen LogP contribution in [0.3, 0.4) is 0 Å². The number of ketones is 4. The summed E-state index contributed by atoms with van der Waals surface area (Å²) in [6.45, 7) is 2.50. The van der Waals surface area contributed by atoms with Crippen molar-refractivity contribution in [3.63, 3.8) is 0 Å². The number of fused-ring (bicyclic) bond motifs is 3. The number of nitrogens with two attached hydrogens (primary N) is 1. The van der Waals surface area contributed by atoms with Crippen LogP contribution in [0.1, 0.15) is 54.1 Å². The van der Waals surface area contributed by atoms with Crippen LogP contribution in [0.2, 0.25) is 5.02 Å². The SMILES string of the molecule is CN(C)[C@@H]1C(=O)C(C(N)=O)C(=O)[C@@]2(O)C(=O)C3C(=O)c4c(O)cc(CNC5(C)CCC5)c(Cl)c4C[C@H]3C[C@@H]12. The number of nitrogens with one attached hydrogen (secondary N) is 1. The predicted molar refractivity (Wildman–Crippen MR) is 135 cm³/mol. The van der Waals surface area contributed by atoms with E-state index in [2.05, 4.69) is 12.2 Å². The summed E-state index contributed by atoms with van der Waals surface area (Å²) in [5.74, 6) is -10.7. The van der Waals surface area contributed by atoms with Gasteiger partial charge in [0, 0.05) is 23.0 Å². The number of Topliss-reactive ketones (excluding diaryl/α,β-unsaturated/α-hetero) is 4. The first-order valence-electron chi connectivity index (χ1n) is 12.9. The molecule has 3 fully saturated rings. The van der Waals surface area contributed by atoms with E-state index >= 15 is 0 Å². The number of rotatable bonds is 5. The van der Waals surface area contributed by atoms with Gasteiger partial charge in [0.25, 0.3) is 0 Å². The van der Waals surface area contributed by atoms with Crippen LogP contribution in [0.15, 0.2) is 6.07 Å². The van der Waals surface area contributed by atoms with Crippen LogP contribution < -0.4 is 11.1 Å². The van der Waals surface area contributed by atoms with Crippen molar-refractivity contribution in [3.8, 4) is 5.75 Å². The average Bonchev–Trinajstić information content (AvgIpc) is 2.81. The molecule has 0 saturated heterocycles. The number of halogens is 1. The molecule has 0 spiro atoms. The van der Waals surface area contributed by atoms with Crippen molar-refractivity contribution in [2.75, 3.05) is 14.1 Å². The second-order valence-electron chi connectivity index (χ2n) is 11.8. The zero-order valence-corrected chi connectivity index (χ0v) is 22.3.